The van der Waals surface area contributed by atoms with E-state index in [-0.39, 0.29) is 5.91 Å². The lowest BCUT2D eigenvalue weighted by molar-refractivity contribution is -0.111. The van der Waals surface area contributed by atoms with E-state index in [1.54, 1.807) is 35.4 Å². The van der Waals surface area contributed by atoms with Crippen molar-refractivity contribution in [2.24, 2.45) is 7.05 Å². The molecule has 1 aliphatic rings. The Morgan fingerprint density at radius 1 is 1.26 bits per heavy atom. The summed E-state index contributed by atoms with van der Waals surface area (Å²) >= 11 is 6.45. The standard InChI is InChI=1S/C23H24ClN5O2/c1-28-15-19(14-26-28)21-6-7-25-13-17(21)3-5-23(30)27-20-4-2-18(22(24)12-20)16-29-8-10-31-11-9-29/h2-7,12-15H,8-11,16H2,1H3,(H,27,30)/b5-3+. The lowest BCUT2D eigenvalue weighted by Crippen LogP contribution is -2.35. The highest BCUT2D eigenvalue weighted by Gasteiger charge is 2.13. The predicted molar refractivity (Wildman–Crippen MR) is 122 cm³/mol. The van der Waals surface area contributed by atoms with Gasteiger partial charge in [0, 0.05) is 73.2 Å². The van der Waals surface area contributed by atoms with Gasteiger partial charge in [-0.3, -0.25) is 19.4 Å². The number of benzene rings is 1. The fraction of sp³-hybridized carbons (Fsp3) is 0.261. The van der Waals surface area contributed by atoms with Crippen LogP contribution in [0, 0.1) is 0 Å². The Bertz CT molecular complexity index is 1090. The second-order valence-electron chi connectivity index (χ2n) is 7.38. The number of hydrogen-bond acceptors (Lipinski definition) is 5. The van der Waals surface area contributed by atoms with Crippen molar-refractivity contribution in [2.45, 2.75) is 6.54 Å². The van der Waals surface area contributed by atoms with Crippen LogP contribution in [0.5, 0.6) is 0 Å². The number of aromatic nitrogens is 3. The maximum absolute atomic E-state index is 12.5. The van der Waals surface area contributed by atoms with E-state index in [4.69, 9.17) is 16.3 Å². The molecule has 8 heteroatoms. The topological polar surface area (TPSA) is 72.3 Å². The van der Waals surface area contributed by atoms with Gasteiger partial charge < -0.3 is 10.1 Å². The van der Waals surface area contributed by atoms with Gasteiger partial charge in [-0.25, -0.2) is 0 Å². The van der Waals surface area contributed by atoms with Crippen molar-refractivity contribution in [1.29, 1.82) is 0 Å². The van der Waals surface area contributed by atoms with Crippen LogP contribution in [-0.2, 0) is 23.1 Å². The lowest BCUT2D eigenvalue weighted by atomic mass is 10.0. The number of nitrogens with one attached hydrogen (secondary N) is 1. The molecule has 1 saturated heterocycles. The fourth-order valence-corrected chi connectivity index (χ4v) is 3.71. The second-order valence-corrected chi connectivity index (χ2v) is 7.79. The van der Waals surface area contributed by atoms with Crippen molar-refractivity contribution in [1.82, 2.24) is 19.7 Å². The SMILES string of the molecule is Cn1cc(-c2ccncc2/C=C/C(=O)Nc2ccc(CN3CCOCC3)c(Cl)c2)cn1. The minimum absolute atomic E-state index is 0.238. The molecule has 0 spiro atoms. The number of ether oxygens (including phenoxy) is 1. The number of carbonyl (C=O) groups is 1. The van der Waals surface area contributed by atoms with E-state index in [9.17, 15) is 4.79 Å². The number of anilines is 1. The summed E-state index contributed by atoms with van der Waals surface area (Å²) in [5.74, 6) is -0.238. The molecule has 1 aliphatic heterocycles. The van der Waals surface area contributed by atoms with Gasteiger partial charge in [0.15, 0.2) is 0 Å². The Morgan fingerprint density at radius 2 is 2.10 bits per heavy atom. The number of carbonyl (C=O) groups excluding carboxylic acids is 1. The molecule has 0 radical (unpaired) electrons. The monoisotopic (exact) mass is 437 g/mol. The average molecular weight is 438 g/mol. The van der Waals surface area contributed by atoms with Crippen LogP contribution in [-0.4, -0.2) is 51.9 Å². The summed E-state index contributed by atoms with van der Waals surface area (Å²) < 4.78 is 7.12. The minimum atomic E-state index is -0.238. The van der Waals surface area contributed by atoms with Crippen LogP contribution in [0.15, 0.2) is 55.1 Å². The summed E-state index contributed by atoms with van der Waals surface area (Å²) in [6, 6.07) is 7.52. The largest absolute Gasteiger partial charge is 0.379 e. The maximum Gasteiger partial charge on any atom is 0.248 e. The highest BCUT2D eigenvalue weighted by molar-refractivity contribution is 6.31. The van der Waals surface area contributed by atoms with Gasteiger partial charge in [0.25, 0.3) is 0 Å². The van der Waals surface area contributed by atoms with Gasteiger partial charge in [-0.2, -0.15) is 5.10 Å². The van der Waals surface area contributed by atoms with Crippen LogP contribution in [0.25, 0.3) is 17.2 Å². The Balaban J connectivity index is 1.41. The van der Waals surface area contributed by atoms with Crippen LogP contribution in [0.1, 0.15) is 11.1 Å². The van der Waals surface area contributed by atoms with Crippen LogP contribution >= 0.6 is 11.6 Å². The summed E-state index contributed by atoms with van der Waals surface area (Å²) in [4.78, 5) is 18.9. The maximum atomic E-state index is 12.5. The lowest BCUT2D eigenvalue weighted by Gasteiger charge is -2.27. The third-order valence-corrected chi connectivity index (χ3v) is 5.45. The van der Waals surface area contributed by atoms with E-state index in [1.165, 1.54) is 6.08 Å². The first kappa shape index (κ1) is 21.2. The fourth-order valence-electron chi connectivity index (χ4n) is 3.47. The number of rotatable bonds is 6. The smallest absolute Gasteiger partial charge is 0.248 e. The molecular weight excluding hydrogens is 414 g/mol. The molecule has 160 valence electrons. The second kappa shape index (κ2) is 9.87. The first-order valence-corrected chi connectivity index (χ1v) is 10.5. The van der Waals surface area contributed by atoms with Crippen molar-refractivity contribution in [3.05, 3.63) is 71.3 Å². The van der Waals surface area contributed by atoms with Gasteiger partial charge in [-0.1, -0.05) is 17.7 Å². The molecule has 0 saturated carbocycles. The van der Waals surface area contributed by atoms with Gasteiger partial charge >= 0.3 is 0 Å². The zero-order valence-corrected chi connectivity index (χ0v) is 18.0. The van der Waals surface area contributed by atoms with E-state index in [0.717, 1.165) is 55.1 Å². The molecule has 1 aromatic carbocycles. The van der Waals surface area contributed by atoms with Gasteiger partial charge in [0.05, 0.1) is 19.4 Å². The van der Waals surface area contributed by atoms with Gasteiger partial charge in [0.1, 0.15) is 0 Å². The summed E-state index contributed by atoms with van der Waals surface area (Å²) in [6.45, 7) is 4.06. The Labute approximate surface area is 186 Å². The predicted octanol–water partition coefficient (Wildman–Crippen LogP) is 3.62. The van der Waals surface area contributed by atoms with Crippen molar-refractivity contribution >= 4 is 29.3 Å². The first-order chi connectivity index (χ1) is 15.1. The van der Waals surface area contributed by atoms with Gasteiger partial charge in [-0.15, -0.1) is 0 Å². The van der Waals surface area contributed by atoms with E-state index >= 15 is 0 Å². The number of nitrogens with zero attached hydrogens (tertiary/aromatic N) is 4. The Morgan fingerprint density at radius 3 is 2.84 bits per heavy atom. The highest BCUT2D eigenvalue weighted by Crippen LogP contribution is 2.24. The normalized spacial score (nSPS) is 14.8. The average Bonchev–Trinajstić information content (AvgIpc) is 3.21. The zero-order valence-electron chi connectivity index (χ0n) is 17.3. The van der Waals surface area contributed by atoms with Crippen LogP contribution < -0.4 is 5.32 Å². The number of aryl methyl sites for hydroxylation is 1. The zero-order chi connectivity index (χ0) is 21.6. The van der Waals surface area contributed by atoms with E-state index in [2.05, 4.69) is 20.3 Å². The number of pyridine rings is 1. The molecule has 7 nitrogen and oxygen atoms in total. The van der Waals surface area contributed by atoms with Crippen molar-refractivity contribution < 1.29 is 9.53 Å². The van der Waals surface area contributed by atoms with Gasteiger partial charge in [0.2, 0.25) is 5.91 Å². The van der Waals surface area contributed by atoms with Crippen molar-refractivity contribution in [2.75, 3.05) is 31.6 Å². The third kappa shape index (κ3) is 5.58. The van der Waals surface area contributed by atoms with Crippen LogP contribution in [0.4, 0.5) is 5.69 Å². The number of hydrogen-bond donors (Lipinski definition) is 1. The molecule has 0 atom stereocenters. The molecule has 0 bridgehead atoms. The summed E-state index contributed by atoms with van der Waals surface area (Å²) in [5.41, 5.74) is 4.46. The third-order valence-electron chi connectivity index (χ3n) is 5.10. The Hall–Kier alpha value is -3.00. The van der Waals surface area contributed by atoms with E-state index in [1.807, 2.05) is 31.4 Å². The van der Waals surface area contributed by atoms with Gasteiger partial charge in [-0.05, 0) is 35.4 Å². The number of morpholine rings is 1. The van der Waals surface area contributed by atoms with Crippen LogP contribution in [0.3, 0.4) is 0 Å². The summed E-state index contributed by atoms with van der Waals surface area (Å²) in [5, 5.41) is 7.71. The highest BCUT2D eigenvalue weighted by atomic mass is 35.5. The quantitative estimate of drug-likeness (QED) is 0.596. The van der Waals surface area contributed by atoms with E-state index < -0.39 is 0 Å². The molecule has 31 heavy (non-hydrogen) atoms. The molecule has 0 unspecified atom stereocenters. The number of amides is 1. The minimum Gasteiger partial charge on any atom is -0.379 e. The molecular formula is C23H24ClN5O2. The van der Waals surface area contributed by atoms with Crippen LogP contribution in [0.2, 0.25) is 5.02 Å². The van der Waals surface area contributed by atoms with Crippen molar-refractivity contribution in [3.8, 4) is 11.1 Å². The summed E-state index contributed by atoms with van der Waals surface area (Å²) in [6.07, 6.45) is 10.4. The molecule has 1 fully saturated rings. The molecule has 2 aromatic heterocycles. The van der Waals surface area contributed by atoms with Crippen molar-refractivity contribution in [3.63, 3.8) is 0 Å². The molecule has 1 amide bonds. The molecule has 4 rings (SSSR count). The molecule has 1 N–H and O–H groups in total. The molecule has 3 heterocycles. The van der Waals surface area contributed by atoms with E-state index in [0.29, 0.717) is 10.7 Å². The first-order valence-electron chi connectivity index (χ1n) is 10.1. The molecule has 0 aliphatic carbocycles. The Kier molecular flexibility index (Phi) is 6.76. The number of halogens is 1. The molecule has 3 aromatic rings. The summed E-state index contributed by atoms with van der Waals surface area (Å²) in [7, 11) is 1.87.